The molecule has 2 aliphatic heterocycles. The second-order valence-corrected chi connectivity index (χ2v) is 11.1. The molecule has 2 amide bonds. The summed E-state index contributed by atoms with van der Waals surface area (Å²) >= 11 is 4.58. The molecule has 176 valence electrons. The van der Waals surface area contributed by atoms with E-state index in [1.54, 1.807) is 0 Å². The molecular formula is C15H17N9O5S4. The lowest BCUT2D eigenvalue weighted by Crippen LogP contribution is -2.74. The molecule has 33 heavy (non-hydrogen) atoms. The zero-order valence-corrected chi connectivity index (χ0v) is 20.1. The normalized spacial score (nSPS) is 24.7. The Labute approximate surface area is 202 Å². The highest BCUT2D eigenvalue weighted by atomic mass is 32.2. The number of nitrogen functional groups attached to an aromatic ring is 2. The molecule has 2 unspecified atom stereocenters. The van der Waals surface area contributed by atoms with Crippen molar-refractivity contribution in [3.63, 3.8) is 0 Å². The SMILES string of the molecule is CON=C(C(=O)NC1C(=O)N2CC(CSc3nnc(N)s3)(C(=O)O)CS[C@H]12)c1nsc(N)n1. The molecule has 0 radical (unpaired) electrons. The van der Waals surface area contributed by atoms with Gasteiger partial charge in [-0.15, -0.1) is 22.0 Å². The van der Waals surface area contributed by atoms with E-state index >= 15 is 0 Å². The Morgan fingerprint density at radius 3 is 2.79 bits per heavy atom. The third kappa shape index (κ3) is 4.55. The lowest BCUT2D eigenvalue weighted by Gasteiger charge is -2.53. The lowest BCUT2D eigenvalue weighted by molar-refractivity contribution is -0.157. The predicted octanol–water partition coefficient (Wildman–Crippen LogP) is -0.832. The largest absolute Gasteiger partial charge is 0.481 e. The quantitative estimate of drug-likeness (QED) is 0.142. The summed E-state index contributed by atoms with van der Waals surface area (Å²) in [5.41, 5.74) is 9.74. The number of aliphatic carboxylic acids is 1. The molecule has 0 aromatic carbocycles. The number of nitrogens with zero attached hydrogens (tertiary/aromatic N) is 6. The minimum atomic E-state index is -1.18. The minimum Gasteiger partial charge on any atom is -0.481 e. The Kier molecular flexibility index (Phi) is 6.59. The Bertz CT molecular complexity index is 1120. The average molecular weight is 532 g/mol. The van der Waals surface area contributed by atoms with Crippen LogP contribution in [0.2, 0.25) is 0 Å². The summed E-state index contributed by atoms with van der Waals surface area (Å²) < 4.78 is 4.50. The number of carbonyl (C=O) groups excluding carboxylic acids is 2. The number of fused-ring (bicyclic) bond motifs is 1. The summed E-state index contributed by atoms with van der Waals surface area (Å²) in [5.74, 6) is -1.69. The van der Waals surface area contributed by atoms with E-state index in [4.69, 9.17) is 16.3 Å². The van der Waals surface area contributed by atoms with Crippen molar-refractivity contribution in [1.82, 2.24) is 29.8 Å². The number of anilines is 2. The summed E-state index contributed by atoms with van der Waals surface area (Å²) in [6.45, 7) is 0.00961. The zero-order valence-electron chi connectivity index (χ0n) is 16.8. The summed E-state index contributed by atoms with van der Waals surface area (Å²) in [5, 5.41) is 23.8. The molecule has 2 aromatic rings. The number of β-lactam (4-membered cyclic amide) rings is 1. The van der Waals surface area contributed by atoms with E-state index < -0.39 is 28.7 Å². The number of carbonyl (C=O) groups is 3. The van der Waals surface area contributed by atoms with Crippen molar-refractivity contribution in [3.8, 4) is 0 Å². The summed E-state index contributed by atoms with van der Waals surface area (Å²) in [4.78, 5) is 47.7. The molecule has 2 saturated heterocycles. The average Bonchev–Trinajstić information content (AvgIpc) is 3.41. The molecular weight excluding hydrogens is 514 g/mol. The van der Waals surface area contributed by atoms with Crippen molar-refractivity contribution < 1.29 is 24.3 Å². The van der Waals surface area contributed by atoms with E-state index in [0.29, 0.717) is 9.47 Å². The summed E-state index contributed by atoms with van der Waals surface area (Å²) in [7, 11) is 1.26. The van der Waals surface area contributed by atoms with Crippen LogP contribution in [0.4, 0.5) is 10.3 Å². The molecule has 4 rings (SSSR count). The Balaban J connectivity index is 1.42. The van der Waals surface area contributed by atoms with Crippen LogP contribution in [0.1, 0.15) is 5.82 Å². The van der Waals surface area contributed by atoms with Crippen molar-refractivity contribution in [2.24, 2.45) is 10.6 Å². The molecule has 18 heteroatoms. The number of carboxylic acids is 1. The van der Waals surface area contributed by atoms with Gasteiger partial charge in [0, 0.05) is 29.6 Å². The number of thioether (sulfide) groups is 2. The maximum absolute atomic E-state index is 12.8. The highest BCUT2D eigenvalue weighted by Gasteiger charge is 2.57. The van der Waals surface area contributed by atoms with E-state index in [9.17, 15) is 19.5 Å². The van der Waals surface area contributed by atoms with Gasteiger partial charge in [-0.3, -0.25) is 14.4 Å². The van der Waals surface area contributed by atoms with Gasteiger partial charge in [0.05, 0.1) is 0 Å². The third-order valence-corrected chi connectivity index (χ3v) is 9.14. The minimum absolute atomic E-state index is 0.00961. The van der Waals surface area contributed by atoms with E-state index in [1.165, 1.54) is 46.9 Å². The molecule has 2 aliphatic rings. The first kappa shape index (κ1) is 23.5. The van der Waals surface area contributed by atoms with Crippen molar-refractivity contribution in [3.05, 3.63) is 5.82 Å². The standard InChI is InChI=1S/C15H17N9O5S4/c1-29-22-5(7-19-12(16)33-23-7)8(25)18-6-9(26)24-2-15(11(27)28,3-30-10(6)24)4-31-14-21-20-13(17)32-14/h6,10H,2-4H2,1H3,(H2,17,20)(H,18,25)(H,27,28)(H2,16,19,23)/t6?,10-,15?/m1/s1. The van der Waals surface area contributed by atoms with Gasteiger partial charge >= 0.3 is 5.97 Å². The van der Waals surface area contributed by atoms with Crippen molar-refractivity contribution in [2.45, 2.75) is 15.8 Å². The number of rotatable bonds is 8. The molecule has 4 heterocycles. The maximum Gasteiger partial charge on any atom is 0.313 e. The van der Waals surface area contributed by atoms with Crippen LogP contribution < -0.4 is 16.8 Å². The van der Waals surface area contributed by atoms with Crippen molar-refractivity contribution in [2.75, 3.05) is 36.6 Å². The van der Waals surface area contributed by atoms with Crippen molar-refractivity contribution in [1.29, 1.82) is 0 Å². The number of aromatic nitrogens is 4. The fourth-order valence-corrected chi connectivity index (χ4v) is 7.13. The van der Waals surface area contributed by atoms with Crippen LogP contribution >= 0.6 is 46.4 Å². The van der Waals surface area contributed by atoms with Gasteiger partial charge in [0.15, 0.2) is 9.47 Å². The topological polar surface area (TPSA) is 212 Å². The molecule has 2 fully saturated rings. The van der Waals surface area contributed by atoms with E-state index in [0.717, 1.165) is 11.5 Å². The van der Waals surface area contributed by atoms with Gasteiger partial charge in [0.25, 0.3) is 5.91 Å². The van der Waals surface area contributed by atoms with E-state index in [-0.39, 0.29) is 40.6 Å². The molecule has 0 spiro atoms. The smallest absolute Gasteiger partial charge is 0.313 e. The Morgan fingerprint density at radius 1 is 1.39 bits per heavy atom. The van der Waals surface area contributed by atoms with Crippen LogP contribution in [0.3, 0.4) is 0 Å². The molecule has 14 nitrogen and oxygen atoms in total. The highest BCUT2D eigenvalue weighted by molar-refractivity contribution is 8.01. The maximum atomic E-state index is 12.8. The van der Waals surface area contributed by atoms with Gasteiger partial charge in [-0.2, -0.15) is 9.36 Å². The number of hydrogen-bond acceptors (Lipinski definition) is 15. The monoisotopic (exact) mass is 531 g/mol. The lowest BCUT2D eigenvalue weighted by atomic mass is 9.89. The highest BCUT2D eigenvalue weighted by Crippen LogP contribution is 2.44. The van der Waals surface area contributed by atoms with Gasteiger partial charge in [-0.1, -0.05) is 28.3 Å². The Morgan fingerprint density at radius 2 is 2.18 bits per heavy atom. The summed E-state index contributed by atoms with van der Waals surface area (Å²) in [6, 6.07) is -0.844. The first-order chi connectivity index (χ1) is 15.7. The Hall–Kier alpha value is -2.70. The van der Waals surface area contributed by atoms with Crippen molar-refractivity contribution >= 4 is 80.2 Å². The number of carboxylic acid groups (broad SMARTS) is 1. The van der Waals surface area contributed by atoms with Gasteiger partial charge in [-0.25, -0.2) is 0 Å². The van der Waals surface area contributed by atoms with Crippen LogP contribution in [0.15, 0.2) is 9.50 Å². The number of nitrogens with two attached hydrogens (primary N) is 2. The van der Waals surface area contributed by atoms with Crippen LogP contribution in [-0.2, 0) is 19.2 Å². The first-order valence-corrected chi connectivity index (χ1v) is 12.8. The van der Waals surface area contributed by atoms with Crippen LogP contribution in [0, 0.1) is 5.41 Å². The van der Waals surface area contributed by atoms with Crippen LogP contribution in [0.5, 0.6) is 0 Å². The predicted molar refractivity (Wildman–Crippen MR) is 123 cm³/mol. The second kappa shape index (κ2) is 9.27. The van der Waals surface area contributed by atoms with Gasteiger partial charge in [0.2, 0.25) is 22.6 Å². The van der Waals surface area contributed by atoms with Gasteiger partial charge < -0.3 is 31.6 Å². The number of nitrogens with one attached hydrogen (secondary N) is 1. The van der Waals surface area contributed by atoms with E-state index in [2.05, 4.69) is 30.0 Å². The van der Waals surface area contributed by atoms with Gasteiger partial charge in [-0.05, 0) is 0 Å². The third-order valence-electron chi connectivity index (χ3n) is 4.83. The fraction of sp³-hybridized carbons (Fsp3) is 0.467. The number of oxime groups is 1. The van der Waals surface area contributed by atoms with Crippen LogP contribution in [-0.4, -0.2) is 89.6 Å². The van der Waals surface area contributed by atoms with E-state index in [1.807, 2.05) is 0 Å². The molecule has 6 N–H and O–H groups in total. The second-order valence-electron chi connectivity index (χ2n) is 6.98. The molecule has 0 bridgehead atoms. The van der Waals surface area contributed by atoms with Gasteiger partial charge in [0.1, 0.15) is 23.9 Å². The molecule has 0 aliphatic carbocycles. The number of amides is 2. The molecule has 2 aromatic heterocycles. The molecule has 0 saturated carbocycles. The number of hydrogen-bond donors (Lipinski definition) is 4. The summed E-state index contributed by atoms with van der Waals surface area (Å²) in [6.07, 6.45) is 0. The van der Waals surface area contributed by atoms with Crippen LogP contribution in [0.25, 0.3) is 0 Å². The first-order valence-electron chi connectivity index (χ1n) is 9.13. The fourth-order valence-electron chi connectivity index (χ4n) is 3.20. The molecule has 3 atom stereocenters. The zero-order chi connectivity index (χ0) is 23.8.